The molecule has 0 bridgehead atoms. The number of halogens is 1. The van der Waals surface area contributed by atoms with E-state index in [2.05, 4.69) is 20.8 Å². The quantitative estimate of drug-likeness (QED) is 0.500. The topological polar surface area (TPSA) is 49.7 Å². The molecule has 0 heterocycles. The molecule has 3 nitrogen and oxygen atoms in total. The molecule has 4 heteroatoms. The van der Waals surface area contributed by atoms with Crippen molar-refractivity contribution in [1.82, 2.24) is 0 Å². The third-order valence-electron chi connectivity index (χ3n) is 2.24. The lowest BCUT2D eigenvalue weighted by atomic mass is 10.1. The van der Waals surface area contributed by atoms with E-state index >= 15 is 0 Å². The monoisotopic (exact) mass is 268 g/mol. The van der Waals surface area contributed by atoms with Crippen molar-refractivity contribution in [2.45, 2.75) is 6.29 Å². The van der Waals surface area contributed by atoms with Gasteiger partial charge in [-0.1, -0.05) is 40.2 Å². The average Bonchev–Trinajstić information content (AvgIpc) is 2.28. The molecule has 1 unspecified atom stereocenters. The molecule has 0 radical (unpaired) electrons. The lowest BCUT2D eigenvalue weighted by Crippen LogP contribution is -1.99. The van der Waals surface area contributed by atoms with E-state index in [-0.39, 0.29) is 0 Å². The number of hydrogen-bond donors (Lipinski definition) is 2. The van der Waals surface area contributed by atoms with Crippen LogP contribution >= 0.6 is 15.9 Å². The van der Waals surface area contributed by atoms with Crippen molar-refractivity contribution in [1.29, 1.82) is 0 Å². The van der Waals surface area contributed by atoms with E-state index in [1.807, 2.05) is 24.3 Å². The van der Waals surface area contributed by atoms with Crippen LogP contribution < -0.4 is 0 Å². The van der Waals surface area contributed by atoms with Crippen LogP contribution in [0.5, 0.6) is 0 Å². The Balaban J connectivity index is 2.57. The molecule has 15 heavy (non-hydrogen) atoms. The minimum atomic E-state index is -1.30. The molecule has 0 aliphatic rings. The first-order valence-electron chi connectivity index (χ1n) is 4.39. The Bertz CT molecular complexity index is 484. The molecule has 0 aromatic heterocycles. The molecule has 2 N–H and O–H groups in total. The molecule has 1 atom stereocenters. The normalized spacial score (nSPS) is 13.0. The highest BCUT2D eigenvalue weighted by Crippen LogP contribution is 2.26. The minimum Gasteiger partial charge on any atom is -0.362 e. The summed E-state index contributed by atoms with van der Waals surface area (Å²) in [4.78, 5) is 3.86. The fraction of sp³-hybridized carbons (Fsp3) is 0.0909. The van der Waals surface area contributed by atoms with Gasteiger partial charge in [-0.05, 0) is 22.9 Å². The van der Waals surface area contributed by atoms with E-state index in [4.69, 9.17) is 5.26 Å². The molecule has 0 fully saturated rings. The summed E-state index contributed by atoms with van der Waals surface area (Å²) in [7, 11) is 0. The third-order valence-corrected chi connectivity index (χ3v) is 2.93. The first-order chi connectivity index (χ1) is 7.22. The van der Waals surface area contributed by atoms with Crippen molar-refractivity contribution in [2.24, 2.45) is 0 Å². The van der Waals surface area contributed by atoms with Crippen LogP contribution in [0.15, 0.2) is 40.9 Å². The summed E-state index contributed by atoms with van der Waals surface area (Å²) >= 11 is 3.43. The SMILES string of the molecule is OOC(O)c1ccc2c(Br)cccc2c1. The number of benzene rings is 2. The predicted octanol–water partition coefficient (Wildman–Crippen LogP) is 3.08. The van der Waals surface area contributed by atoms with Gasteiger partial charge in [-0.25, -0.2) is 10.1 Å². The van der Waals surface area contributed by atoms with Crippen LogP contribution in [0.2, 0.25) is 0 Å². The first-order valence-corrected chi connectivity index (χ1v) is 5.18. The van der Waals surface area contributed by atoms with E-state index in [0.29, 0.717) is 5.56 Å². The van der Waals surface area contributed by atoms with Crippen LogP contribution in [0.25, 0.3) is 10.8 Å². The Labute approximate surface area is 95.0 Å². The summed E-state index contributed by atoms with van der Waals surface area (Å²) in [5.74, 6) is 0. The zero-order valence-corrected chi connectivity index (χ0v) is 9.31. The Morgan fingerprint density at radius 1 is 1.20 bits per heavy atom. The van der Waals surface area contributed by atoms with E-state index in [9.17, 15) is 5.11 Å². The van der Waals surface area contributed by atoms with Gasteiger partial charge in [0.1, 0.15) is 0 Å². The van der Waals surface area contributed by atoms with Gasteiger partial charge < -0.3 is 5.11 Å². The Morgan fingerprint density at radius 2 is 2.00 bits per heavy atom. The number of fused-ring (bicyclic) bond motifs is 1. The van der Waals surface area contributed by atoms with Crippen LogP contribution in [-0.4, -0.2) is 10.4 Å². The van der Waals surface area contributed by atoms with Gasteiger partial charge in [0.2, 0.25) is 6.29 Å². The second kappa shape index (κ2) is 4.28. The van der Waals surface area contributed by atoms with Gasteiger partial charge in [-0.3, -0.25) is 0 Å². The van der Waals surface area contributed by atoms with Crippen molar-refractivity contribution in [3.05, 3.63) is 46.4 Å². The van der Waals surface area contributed by atoms with Crippen LogP contribution in [0.3, 0.4) is 0 Å². The van der Waals surface area contributed by atoms with Gasteiger partial charge in [0.05, 0.1) is 0 Å². The fourth-order valence-corrected chi connectivity index (χ4v) is 1.99. The van der Waals surface area contributed by atoms with Crippen molar-refractivity contribution in [3.8, 4) is 0 Å². The van der Waals surface area contributed by atoms with E-state index in [0.717, 1.165) is 15.2 Å². The summed E-state index contributed by atoms with van der Waals surface area (Å²) in [5.41, 5.74) is 0.517. The van der Waals surface area contributed by atoms with Crippen LogP contribution in [0, 0.1) is 0 Å². The molecule has 78 valence electrons. The highest BCUT2D eigenvalue weighted by atomic mass is 79.9. The molecular weight excluding hydrogens is 260 g/mol. The third kappa shape index (κ3) is 2.03. The number of rotatable bonds is 2. The van der Waals surface area contributed by atoms with Gasteiger partial charge in [0.25, 0.3) is 0 Å². The summed E-state index contributed by atoms with van der Waals surface area (Å²) < 4.78 is 0.992. The maximum atomic E-state index is 9.27. The zero-order valence-electron chi connectivity index (χ0n) is 7.72. The van der Waals surface area contributed by atoms with Gasteiger partial charge in [-0.2, -0.15) is 0 Å². The van der Waals surface area contributed by atoms with Crippen LogP contribution in [0.4, 0.5) is 0 Å². The van der Waals surface area contributed by atoms with E-state index < -0.39 is 6.29 Å². The molecule has 2 aromatic carbocycles. The maximum Gasteiger partial charge on any atom is 0.214 e. The second-order valence-corrected chi connectivity index (χ2v) is 4.03. The molecule has 0 spiro atoms. The standard InChI is InChI=1S/C11H9BrO3/c12-10-3-1-2-7-6-8(11(13)15-14)4-5-9(7)10/h1-6,11,13-14H. The number of aliphatic hydroxyl groups is 1. The van der Waals surface area contributed by atoms with Crippen molar-refractivity contribution in [2.75, 3.05) is 0 Å². The van der Waals surface area contributed by atoms with E-state index in [1.165, 1.54) is 0 Å². The largest absolute Gasteiger partial charge is 0.362 e. The minimum absolute atomic E-state index is 0.517. The smallest absolute Gasteiger partial charge is 0.214 e. The van der Waals surface area contributed by atoms with Crippen LogP contribution in [-0.2, 0) is 4.89 Å². The molecule has 0 amide bonds. The lowest BCUT2D eigenvalue weighted by molar-refractivity contribution is -0.338. The Kier molecular flexibility index (Phi) is 3.02. The molecular formula is C11H9BrO3. The lowest BCUT2D eigenvalue weighted by Gasteiger charge is -2.08. The highest BCUT2D eigenvalue weighted by Gasteiger charge is 2.08. The van der Waals surface area contributed by atoms with Crippen molar-refractivity contribution >= 4 is 26.7 Å². The number of hydrogen-bond acceptors (Lipinski definition) is 3. The summed E-state index contributed by atoms with van der Waals surface area (Å²) in [5, 5.41) is 19.6. The van der Waals surface area contributed by atoms with Gasteiger partial charge in [0, 0.05) is 10.0 Å². The van der Waals surface area contributed by atoms with Crippen molar-refractivity contribution < 1.29 is 15.3 Å². The Hall–Kier alpha value is -0.940. The van der Waals surface area contributed by atoms with Crippen LogP contribution in [0.1, 0.15) is 11.9 Å². The fourth-order valence-electron chi connectivity index (χ4n) is 1.48. The maximum absolute atomic E-state index is 9.27. The van der Waals surface area contributed by atoms with Gasteiger partial charge in [-0.15, -0.1) is 0 Å². The molecule has 2 aromatic rings. The predicted molar refractivity (Wildman–Crippen MR) is 60.3 cm³/mol. The molecule has 2 rings (SSSR count). The van der Waals surface area contributed by atoms with Gasteiger partial charge >= 0.3 is 0 Å². The first kappa shape index (κ1) is 10.6. The molecule has 0 aliphatic heterocycles. The highest BCUT2D eigenvalue weighted by molar-refractivity contribution is 9.10. The summed E-state index contributed by atoms with van der Waals surface area (Å²) in [6.07, 6.45) is -1.30. The molecule has 0 aliphatic carbocycles. The average molecular weight is 269 g/mol. The summed E-state index contributed by atoms with van der Waals surface area (Å²) in [6.45, 7) is 0. The zero-order chi connectivity index (χ0) is 10.8. The van der Waals surface area contributed by atoms with Gasteiger partial charge in [0.15, 0.2) is 0 Å². The number of aliphatic hydroxyl groups excluding tert-OH is 1. The molecule has 0 saturated carbocycles. The molecule has 0 saturated heterocycles. The Morgan fingerprint density at radius 3 is 2.73 bits per heavy atom. The van der Waals surface area contributed by atoms with Crippen molar-refractivity contribution in [3.63, 3.8) is 0 Å². The second-order valence-electron chi connectivity index (χ2n) is 3.18. The summed E-state index contributed by atoms with van der Waals surface area (Å²) in [6, 6.07) is 11.1. The van der Waals surface area contributed by atoms with E-state index in [1.54, 1.807) is 12.1 Å².